The van der Waals surface area contributed by atoms with Crippen molar-refractivity contribution in [2.24, 2.45) is 0 Å². The molecule has 2 aliphatic heterocycles. The third-order valence-electron chi connectivity index (χ3n) is 6.96. The van der Waals surface area contributed by atoms with Crippen molar-refractivity contribution in [2.75, 3.05) is 61.8 Å². The largest absolute Gasteiger partial charge is 0.369 e. The minimum Gasteiger partial charge on any atom is -0.369 e. The molecule has 10 heteroatoms. The van der Waals surface area contributed by atoms with E-state index >= 15 is 0 Å². The zero-order valence-electron chi connectivity index (χ0n) is 20.8. The maximum atomic E-state index is 13.0. The number of likely N-dealkylation sites (N-methyl/N-ethyl adjacent to an activating group) is 1. The van der Waals surface area contributed by atoms with Gasteiger partial charge in [0.25, 0.3) is 5.91 Å². The van der Waals surface area contributed by atoms with E-state index in [9.17, 15) is 4.79 Å². The molecule has 4 aromatic rings. The first kappa shape index (κ1) is 23.8. The molecule has 9 nitrogen and oxygen atoms in total. The molecule has 0 spiro atoms. The van der Waals surface area contributed by atoms with Gasteiger partial charge in [-0.05, 0) is 67.9 Å². The van der Waals surface area contributed by atoms with E-state index in [2.05, 4.69) is 37.8 Å². The van der Waals surface area contributed by atoms with E-state index in [0.717, 1.165) is 73.0 Å². The Morgan fingerprint density at radius 3 is 2.70 bits per heavy atom. The van der Waals surface area contributed by atoms with Gasteiger partial charge in [-0.1, -0.05) is 0 Å². The highest BCUT2D eigenvalue weighted by Crippen LogP contribution is 2.30. The minimum absolute atomic E-state index is 0.195. The lowest BCUT2D eigenvalue weighted by Gasteiger charge is -2.34. The summed E-state index contributed by atoms with van der Waals surface area (Å²) in [7, 11) is 2.14. The molecule has 1 amide bonds. The Balaban J connectivity index is 1.19. The van der Waals surface area contributed by atoms with Crippen LogP contribution in [0.5, 0.6) is 0 Å². The van der Waals surface area contributed by atoms with E-state index in [1.807, 2.05) is 47.8 Å². The van der Waals surface area contributed by atoms with Crippen LogP contribution >= 0.6 is 11.3 Å². The van der Waals surface area contributed by atoms with Crippen molar-refractivity contribution < 1.29 is 4.79 Å². The fourth-order valence-electron chi connectivity index (χ4n) is 4.78. The fraction of sp³-hybridized carbons (Fsp3) is 0.333. The molecule has 3 aromatic heterocycles. The smallest absolute Gasteiger partial charge is 0.256 e. The minimum atomic E-state index is -0.195. The summed E-state index contributed by atoms with van der Waals surface area (Å²) >= 11 is 1.64. The average Bonchev–Trinajstić information content (AvgIpc) is 3.62. The summed E-state index contributed by atoms with van der Waals surface area (Å²) in [4.78, 5) is 31.6. The van der Waals surface area contributed by atoms with Gasteiger partial charge in [0.1, 0.15) is 11.6 Å². The number of benzene rings is 1. The average molecular weight is 515 g/mol. The Morgan fingerprint density at radius 1 is 1.08 bits per heavy atom. The van der Waals surface area contributed by atoms with Crippen molar-refractivity contribution in [3.63, 3.8) is 0 Å². The molecule has 1 atom stereocenters. The first-order chi connectivity index (χ1) is 18.1. The lowest BCUT2D eigenvalue weighted by atomic mass is 10.1. The number of nitrogens with one attached hydrogen (secondary N) is 3. The van der Waals surface area contributed by atoms with Crippen molar-refractivity contribution in [1.29, 1.82) is 0 Å². The van der Waals surface area contributed by atoms with Crippen molar-refractivity contribution >= 4 is 44.8 Å². The molecule has 3 N–H and O–H groups in total. The van der Waals surface area contributed by atoms with Crippen LogP contribution in [0.2, 0.25) is 0 Å². The van der Waals surface area contributed by atoms with Crippen LogP contribution in [0.15, 0.2) is 54.0 Å². The van der Waals surface area contributed by atoms with Gasteiger partial charge in [-0.3, -0.25) is 4.79 Å². The maximum Gasteiger partial charge on any atom is 0.256 e. The number of hydrogen-bond acceptors (Lipinski definition) is 9. The number of piperazine rings is 1. The fourth-order valence-corrected chi connectivity index (χ4v) is 5.56. The number of aromatic nitrogens is 3. The molecule has 37 heavy (non-hydrogen) atoms. The number of thiophene rings is 1. The van der Waals surface area contributed by atoms with Gasteiger partial charge in [-0.15, -0.1) is 11.3 Å². The Kier molecular flexibility index (Phi) is 6.69. The van der Waals surface area contributed by atoms with Crippen LogP contribution in [0.4, 0.5) is 17.3 Å². The van der Waals surface area contributed by atoms with Gasteiger partial charge in [0.05, 0.1) is 10.2 Å². The molecule has 0 bridgehead atoms. The van der Waals surface area contributed by atoms with Crippen LogP contribution in [0.3, 0.4) is 0 Å². The van der Waals surface area contributed by atoms with E-state index in [1.165, 1.54) is 0 Å². The summed E-state index contributed by atoms with van der Waals surface area (Å²) in [6.07, 6.45) is 2.74. The number of rotatable bonds is 6. The predicted molar refractivity (Wildman–Crippen MR) is 150 cm³/mol. The molecule has 2 fully saturated rings. The lowest BCUT2D eigenvalue weighted by Crippen LogP contribution is -2.44. The first-order valence-corrected chi connectivity index (χ1v) is 13.5. The molecular weight excluding hydrogens is 484 g/mol. The third-order valence-corrected chi connectivity index (χ3v) is 7.87. The number of pyridine rings is 1. The van der Waals surface area contributed by atoms with Gasteiger partial charge in [0.2, 0.25) is 0 Å². The zero-order valence-corrected chi connectivity index (χ0v) is 21.6. The predicted octanol–water partition coefficient (Wildman–Crippen LogP) is 3.53. The van der Waals surface area contributed by atoms with Crippen LogP contribution in [0.1, 0.15) is 16.8 Å². The molecular formula is C27H30N8OS. The van der Waals surface area contributed by atoms with E-state index in [1.54, 1.807) is 17.5 Å². The SMILES string of the molecule is CN1CCN(c2ccc(C(=O)Nc3cc(-c4nc(NC5CCNC5)c5sccc5n4)ccn3)cc2)CC1. The third kappa shape index (κ3) is 5.27. The molecule has 5 heterocycles. The van der Waals surface area contributed by atoms with Gasteiger partial charge < -0.3 is 25.8 Å². The molecule has 6 rings (SSSR count). The highest BCUT2D eigenvalue weighted by molar-refractivity contribution is 7.17. The molecule has 190 valence electrons. The van der Waals surface area contributed by atoms with E-state index < -0.39 is 0 Å². The van der Waals surface area contributed by atoms with Gasteiger partial charge >= 0.3 is 0 Å². The normalized spacial score (nSPS) is 18.3. The van der Waals surface area contributed by atoms with Crippen molar-refractivity contribution in [3.8, 4) is 11.4 Å². The standard InChI is InChI=1S/C27H30N8OS/c1-34-11-13-35(14-12-34)21-4-2-18(3-5-21)27(36)32-23-16-19(6-10-29-23)25-31-22-8-15-37-24(22)26(33-25)30-20-7-9-28-17-20/h2-6,8,10,15-16,20,28H,7,9,11-14,17H2,1H3,(H,29,32,36)(H,30,31,33). The summed E-state index contributed by atoms with van der Waals surface area (Å²) in [6, 6.07) is 13.8. The number of carbonyl (C=O) groups is 1. The Labute approximate surface area is 219 Å². The Hall–Kier alpha value is -3.60. The second-order valence-electron chi connectivity index (χ2n) is 9.59. The van der Waals surface area contributed by atoms with Crippen molar-refractivity contribution in [2.45, 2.75) is 12.5 Å². The molecule has 2 saturated heterocycles. The molecule has 2 aliphatic rings. The van der Waals surface area contributed by atoms with Crippen LogP contribution in [0, 0.1) is 0 Å². The number of hydrogen-bond donors (Lipinski definition) is 3. The Morgan fingerprint density at radius 2 is 1.92 bits per heavy atom. The molecule has 0 aliphatic carbocycles. The molecule has 1 unspecified atom stereocenters. The quantitative estimate of drug-likeness (QED) is 0.360. The van der Waals surface area contributed by atoms with Crippen LogP contribution in [-0.4, -0.2) is 78.1 Å². The second-order valence-corrected chi connectivity index (χ2v) is 10.5. The van der Waals surface area contributed by atoms with Crippen LogP contribution < -0.4 is 20.9 Å². The molecule has 1 aromatic carbocycles. The van der Waals surface area contributed by atoms with Crippen LogP contribution in [-0.2, 0) is 0 Å². The van der Waals surface area contributed by atoms with Crippen molar-refractivity contribution in [3.05, 3.63) is 59.6 Å². The second kappa shape index (κ2) is 10.4. The number of amides is 1. The first-order valence-electron chi connectivity index (χ1n) is 12.7. The summed E-state index contributed by atoms with van der Waals surface area (Å²) in [5.41, 5.74) is 3.45. The van der Waals surface area contributed by atoms with Gasteiger partial charge in [0.15, 0.2) is 5.82 Å². The lowest BCUT2D eigenvalue weighted by molar-refractivity contribution is 0.102. The number of carbonyl (C=O) groups excluding carboxylic acids is 1. The Bertz CT molecular complexity index is 1390. The van der Waals surface area contributed by atoms with Gasteiger partial charge in [0, 0.05) is 61.8 Å². The van der Waals surface area contributed by atoms with Crippen molar-refractivity contribution in [1.82, 2.24) is 25.2 Å². The monoisotopic (exact) mass is 514 g/mol. The highest BCUT2D eigenvalue weighted by Gasteiger charge is 2.19. The number of anilines is 3. The number of fused-ring (bicyclic) bond motifs is 1. The molecule has 0 radical (unpaired) electrons. The summed E-state index contributed by atoms with van der Waals surface area (Å²) in [5.74, 6) is 1.73. The zero-order chi connectivity index (χ0) is 25.2. The van der Waals surface area contributed by atoms with E-state index in [0.29, 0.717) is 23.2 Å². The topological polar surface area (TPSA) is 98.3 Å². The van der Waals surface area contributed by atoms with Crippen LogP contribution in [0.25, 0.3) is 21.6 Å². The summed E-state index contributed by atoms with van der Waals surface area (Å²) < 4.78 is 1.05. The number of nitrogens with zero attached hydrogens (tertiary/aromatic N) is 5. The van der Waals surface area contributed by atoms with E-state index in [4.69, 9.17) is 9.97 Å². The van der Waals surface area contributed by atoms with E-state index in [-0.39, 0.29) is 5.91 Å². The summed E-state index contributed by atoms with van der Waals surface area (Å²) in [5, 5.41) is 11.9. The summed E-state index contributed by atoms with van der Waals surface area (Å²) in [6.45, 7) is 6.01. The molecule has 0 saturated carbocycles. The van der Waals surface area contributed by atoms with Gasteiger partial charge in [-0.2, -0.15) is 0 Å². The highest BCUT2D eigenvalue weighted by atomic mass is 32.1. The van der Waals surface area contributed by atoms with Gasteiger partial charge in [-0.25, -0.2) is 15.0 Å². The maximum absolute atomic E-state index is 13.0.